The van der Waals surface area contributed by atoms with Crippen molar-refractivity contribution in [2.75, 3.05) is 5.32 Å². The Balaban J connectivity index is 2.29. The highest BCUT2D eigenvalue weighted by Gasteiger charge is 2.09. The van der Waals surface area contributed by atoms with E-state index >= 15 is 0 Å². The standard InChI is InChI=1S/C15H21N3/c1-4-8-12(5-2)17-15-11(3)16-13-9-6-7-10-14(13)18-15/h6-7,9-10,12H,4-5,8H2,1-3H3,(H,17,18). The number of hydrogen-bond acceptors (Lipinski definition) is 3. The summed E-state index contributed by atoms with van der Waals surface area (Å²) in [5, 5.41) is 3.52. The number of hydrogen-bond donors (Lipinski definition) is 1. The summed E-state index contributed by atoms with van der Waals surface area (Å²) in [6.07, 6.45) is 3.47. The van der Waals surface area contributed by atoms with Gasteiger partial charge in [-0.15, -0.1) is 0 Å². The molecule has 0 fully saturated rings. The van der Waals surface area contributed by atoms with E-state index in [1.165, 1.54) is 12.8 Å². The molecule has 3 heteroatoms. The molecule has 2 aromatic rings. The van der Waals surface area contributed by atoms with Gasteiger partial charge in [-0.3, -0.25) is 0 Å². The lowest BCUT2D eigenvalue weighted by molar-refractivity contribution is 0.620. The van der Waals surface area contributed by atoms with Crippen LogP contribution in [0.4, 0.5) is 5.82 Å². The quantitative estimate of drug-likeness (QED) is 0.864. The number of aromatic nitrogens is 2. The summed E-state index contributed by atoms with van der Waals surface area (Å²) < 4.78 is 0. The topological polar surface area (TPSA) is 37.8 Å². The van der Waals surface area contributed by atoms with Gasteiger partial charge in [0.2, 0.25) is 0 Å². The van der Waals surface area contributed by atoms with Crippen LogP contribution in [0.3, 0.4) is 0 Å². The molecule has 96 valence electrons. The van der Waals surface area contributed by atoms with E-state index in [0.717, 1.165) is 29.0 Å². The predicted molar refractivity (Wildman–Crippen MR) is 76.9 cm³/mol. The van der Waals surface area contributed by atoms with Crippen LogP contribution < -0.4 is 5.32 Å². The zero-order chi connectivity index (χ0) is 13.0. The number of nitrogens with zero attached hydrogens (tertiary/aromatic N) is 2. The zero-order valence-corrected chi connectivity index (χ0v) is 11.4. The third-order valence-corrected chi connectivity index (χ3v) is 3.22. The molecule has 2 rings (SSSR count). The van der Waals surface area contributed by atoms with Crippen molar-refractivity contribution in [2.45, 2.75) is 46.1 Å². The number of rotatable bonds is 5. The maximum atomic E-state index is 4.67. The number of para-hydroxylation sites is 2. The van der Waals surface area contributed by atoms with E-state index in [4.69, 9.17) is 0 Å². The number of fused-ring (bicyclic) bond motifs is 1. The van der Waals surface area contributed by atoms with Gasteiger partial charge in [0.05, 0.1) is 16.7 Å². The van der Waals surface area contributed by atoms with Gasteiger partial charge in [0.1, 0.15) is 5.82 Å². The Morgan fingerprint density at radius 1 is 1.11 bits per heavy atom. The molecule has 1 aromatic carbocycles. The Bertz CT molecular complexity index is 522. The first-order valence-electron chi connectivity index (χ1n) is 6.74. The Morgan fingerprint density at radius 2 is 1.78 bits per heavy atom. The minimum Gasteiger partial charge on any atom is -0.366 e. The molecule has 18 heavy (non-hydrogen) atoms. The fourth-order valence-corrected chi connectivity index (χ4v) is 2.15. The lowest BCUT2D eigenvalue weighted by atomic mass is 10.1. The Morgan fingerprint density at radius 3 is 2.39 bits per heavy atom. The van der Waals surface area contributed by atoms with Crippen LogP contribution >= 0.6 is 0 Å². The van der Waals surface area contributed by atoms with Gasteiger partial charge in [0.15, 0.2) is 0 Å². The second-order valence-corrected chi connectivity index (χ2v) is 4.68. The van der Waals surface area contributed by atoms with Gasteiger partial charge in [0, 0.05) is 6.04 Å². The van der Waals surface area contributed by atoms with Crippen LogP contribution in [0.1, 0.15) is 38.8 Å². The van der Waals surface area contributed by atoms with Crippen LogP contribution in [0.2, 0.25) is 0 Å². The fraction of sp³-hybridized carbons (Fsp3) is 0.467. The van der Waals surface area contributed by atoms with Crippen LogP contribution in [-0.2, 0) is 0 Å². The molecule has 0 amide bonds. The summed E-state index contributed by atoms with van der Waals surface area (Å²) in [6, 6.07) is 8.50. The van der Waals surface area contributed by atoms with Gasteiger partial charge < -0.3 is 5.32 Å². The smallest absolute Gasteiger partial charge is 0.148 e. The molecule has 3 nitrogen and oxygen atoms in total. The molecule has 0 aliphatic carbocycles. The molecule has 0 saturated heterocycles. The van der Waals surface area contributed by atoms with Crippen molar-refractivity contribution in [1.82, 2.24) is 9.97 Å². The Labute approximate surface area is 109 Å². The maximum Gasteiger partial charge on any atom is 0.148 e. The third kappa shape index (κ3) is 2.78. The zero-order valence-electron chi connectivity index (χ0n) is 11.4. The largest absolute Gasteiger partial charge is 0.366 e. The summed E-state index contributed by atoms with van der Waals surface area (Å²) in [5.74, 6) is 0.925. The summed E-state index contributed by atoms with van der Waals surface area (Å²) in [6.45, 7) is 6.43. The highest BCUT2D eigenvalue weighted by Crippen LogP contribution is 2.18. The van der Waals surface area contributed by atoms with E-state index in [9.17, 15) is 0 Å². The molecule has 0 saturated carbocycles. The molecule has 1 aromatic heterocycles. The van der Waals surface area contributed by atoms with E-state index < -0.39 is 0 Å². The summed E-state index contributed by atoms with van der Waals surface area (Å²) in [7, 11) is 0. The maximum absolute atomic E-state index is 4.67. The van der Waals surface area contributed by atoms with Crippen LogP contribution in [-0.4, -0.2) is 16.0 Å². The molecule has 0 aliphatic heterocycles. The average Bonchev–Trinajstić information content (AvgIpc) is 2.39. The SMILES string of the molecule is CCCC(CC)Nc1nc2ccccc2nc1C. The third-order valence-electron chi connectivity index (χ3n) is 3.22. The Kier molecular flexibility index (Phi) is 4.13. The minimum absolute atomic E-state index is 0.490. The molecule has 1 N–H and O–H groups in total. The van der Waals surface area contributed by atoms with E-state index in [0.29, 0.717) is 6.04 Å². The van der Waals surface area contributed by atoms with Crippen molar-refractivity contribution in [1.29, 1.82) is 0 Å². The van der Waals surface area contributed by atoms with Gasteiger partial charge in [-0.2, -0.15) is 0 Å². The summed E-state index contributed by atoms with van der Waals surface area (Å²) >= 11 is 0. The predicted octanol–water partition coefficient (Wildman–Crippen LogP) is 3.93. The first-order chi connectivity index (χ1) is 8.74. The van der Waals surface area contributed by atoms with Crippen LogP contribution in [0.25, 0.3) is 11.0 Å². The molecular weight excluding hydrogens is 222 g/mol. The van der Waals surface area contributed by atoms with Crippen molar-refractivity contribution >= 4 is 16.9 Å². The van der Waals surface area contributed by atoms with Gasteiger partial charge in [-0.1, -0.05) is 32.4 Å². The lowest BCUT2D eigenvalue weighted by Gasteiger charge is -2.18. The molecule has 0 bridgehead atoms. The van der Waals surface area contributed by atoms with Gasteiger partial charge in [-0.05, 0) is 31.9 Å². The van der Waals surface area contributed by atoms with Crippen molar-refractivity contribution in [3.8, 4) is 0 Å². The fourth-order valence-electron chi connectivity index (χ4n) is 2.15. The van der Waals surface area contributed by atoms with Crippen LogP contribution in [0.5, 0.6) is 0 Å². The van der Waals surface area contributed by atoms with Crippen LogP contribution in [0.15, 0.2) is 24.3 Å². The van der Waals surface area contributed by atoms with E-state index in [-0.39, 0.29) is 0 Å². The van der Waals surface area contributed by atoms with E-state index in [1.807, 2.05) is 31.2 Å². The molecule has 0 radical (unpaired) electrons. The number of anilines is 1. The molecule has 0 spiro atoms. The number of nitrogens with one attached hydrogen (secondary N) is 1. The van der Waals surface area contributed by atoms with E-state index in [1.54, 1.807) is 0 Å². The first kappa shape index (κ1) is 12.8. The normalized spacial score (nSPS) is 12.6. The highest BCUT2D eigenvalue weighted by atomic mass is 15.0. The van der Waals surface area contributed by atoms with E-state index in [2.05, 4.69) is 29.1 Å². The Hall–Kier alpha value is -1.64. The van der Waals surface area contributed by atoms with Crippen molar-refractivity contribution in [3.63, 3.8) is 0 Å². The number of aryl methyl sites for hydroxylation is 1. The second-order valence-electron chi connectivity index (χ2n) is 4.68. The summed E-state index contributed by atoms with van der Waals surface area (Å²) in [4.78, 5) is 9.27. The van der Waals surface area contributed by atoms with Gasteiger partial charge >= 0.3 is 0 Å². The van der Waals surface area contributed by atoms with Gasteiger partial charge in [-0.25, -0.2) is 9.97 Å². The second kappa shape index (κ2) is 5.80. The summed E-state index contributed by atoms with van der Waals surface area (Å²) in [5.41, 5.74) is 2.89. The highest BCUT2D eigenvalue weighted by molar-refractivity contribution is 5.76. The lowest BCUT2D eigenvalue weighted by Crippen LogP contribution is -2.19. The monoisotopic (exact) mass is 243 g/mol. The van der Waals surface area contributed by atoms with Crippen molar-refractivity contribution in [3.05, 3.63) is 30.0 Å². The molecular formula is C15H21N3. The first-order valence-corrected chi connectivity index (χ1v) is 6.74. The molecule has 1 atom stereocenters. The molecule has 1 unspecified atom stereocenters. The van der Waals surface area contributed by atoms with Crippen LogP contribution in [0, 0.1) is 6.92 Å². The van der Waals surface area contributed by atoms with Gasteiger partial charge in [0.25, 0.3) is 0 Å². The molecule has 1 heterocycles. The van der Waals surface area contributed by atoms with Crippen molar-refractivity contribution in [2.24, 2.45) is 0 Å². The number of benzene rings is 1. The molecule has 0 aliphatic rings. The minimum atomic E-state index is 0.490. The van der Waals surface area contributed by atoms with Crippen molar-refractivity contribution < 1.29 is 0 Å². The average molecular weight is 243 g/mol.